The van der Waals surface area contributed by atoms with Crippen molar-refractivity contribution in [3.63, 3.8) is 0 Å². The van der Waals surface area contributed by atoms with Crippen LogP contribution in [0.4, 0.5) is 0 Å². The van der Waals surface area contributed by atoms with Gasteiger partial charge >= 0.3 is 0 Å². The highest BCUT2D eigenvalue weighted by atomic mass is 16.7. The van der Waals surface area contributed by atoms with E-state index in [2.05, 4.69) is 4.98 Å². The molecule has 0 bridgehead atoms. The molecular weight excluding hydrogens is 218 g/mol. The van der Waals surface area contributed by atoms with E-state index in [-0.39, 0.29) is 6.79 Å². The van der Waals surface area contributed by atoms with Gasteiger partial charge in [-0.2, -0.15) is 0 Å². The number of hydrogen-bond donors (Lipinski definition) is 1. The number of rotatable bonds is 2. The molecule has 2 N–H and O–H groups in total. The summed E-state index contributed by atoms with van der Waals surface area (Å²) in [6, 6.07) is 5.80. The van der Waals surface area contributed by atoms with Gasteiger partial charge in [-0.1, -0.05) is 0 Å². The molecule has 0 amide bonds. The predicted octanol–water partition coefficient (Wildman–Crippen LogP) is 1.27. The highest BCUT2D eigenvalue weighted by Crippen LogP contribution is 2.35. The van der Waals surface area contributed by atoms with Crippen molar-refractivity contribution >= 4 is 0 Å². The molecule has 0 atom stereocenters. The first-order chi connectivity index (χ1) is 8.28. The molecule has 5 nitrogen and oxygen atoms in total. The van der Waals surface area contributed by atoms with Gasteiger partial charge in [0.25, 0.3) is 0 Å². The summed E-state index contributed by atoms with van der Waals surface area (Å²) in [6.07, 6.45) is 1.93. The normalized spacial score (nSPS) is 13.1. The highest BCUT2D eigenvalue weighted by Gasteiger charge is 2.15. The minimum Gasteiger partial charge on any atom is -0.454 e. The third-order valence-corrected chi connectivity index (χ3v) is 2.77. The Morgan fingerprint density at radius 2 is 2.18 bits per heavy atom. The van der Waals surface area contributed by atoms with Gasteiger partial charge in [0.15, 0.2) is 11.5 Å². The molecule has 1 aliphatic rings. The average molecular weight is 231 g/mol. The number of imidazole rings is 1. The summed E-state index contributed by atoms with van der Waals surface area (Å²) in [7, 11) is 1.95. The van der Waals surface area contributed by atoms with E-state index in [4.69, 9.17) is 15.2 Å². The third-order valence-electron chi connectivity index (χ3n) is 2.77. The Labute approximate surface area is 98.8 Å². The van der Waals surface area contributed by atoms with E-state index in [1.807, 2.05) is 36.0 Å². The molecular formula is C12H13N3O2. The zero-order valence-electron chi connectivity index (χ0n) is 9.51. The number of aryl methyl sites for hydroxylation is 1. The van der Waals surface area contributed by atoms with Crippen LogP contribution in [0.15, 0.2) is 24.4 Å². The van der Waals surface area contributed by atoms with E-state index in [0.717, 1.165) is 28.6 Å². The molecule has 0 radical (unpaired) electrons. The smallest absolute Gasteiger partial charge is 0.231 e. The minimum absolute atomic E-state index is 0.285. The fraction of sp³-hybridized carbons (Fsp3) is 0.250. The first-order valence-corrected chi connectivity index (χ1v) is 5.40. The van der Waals surface area contributed by atoms with E-state index < -0.39 is 0 Å². The molecule has 88 valence electrons. The zero-order valence-corrected chi connectivity index (χ0v) is 9.51. The second-order valence-electron chi connectivity index (χ2n) is 3.94. The van der Waals surface area contributed by atoms with Gasteiger partial charge in [-0.25, -0.2) is 4.98 Å². The van der Waals surface area contributed by atoms with Crippen LogP contribution in [0.1, 0.15) is 5.69 Å². The van der Waals surface area contributed by atoms with E-state index in [1.165, 1.54) is 0 Å². The summed E-state index contributed by atoms with van der Waals surface area (Å²) in [4.78, 5) is 4.47. The van der Waals surface area contributed by atoms with E-state index in [1.54, 1.807) is 0 Å². The van der Waals surface area contributed by atoms with Gasteiger partial charge in [0.1, 0.15) is 5.82 Å². The van der Waals surface area contributed by atoms with Crippen molar-refractivity contribution < 1.29 is 9.47 Å². The average Bonchev–Trinajstić information content (AvgIpc) is 2.93. The van der Waals surface area contributed by atoms with Gasteiger partial charge in [-0.05, 0) is 18.2 Å². The lowest BCUT2D eigenvalue weighted by Crippen LogP contribution is -1.95. The molecule has 1 aliphatic heterocycles. The summed E-state index contributed by atoms with van der Waals surface area (Å²) >= 11 is 0. The van der Waals surface area contributed by atoms with Crippen LogP contribution in [-0.2, 0) is 13.6 Å². The van der Waals surface area contributed by atoms with Crippen LogP contribution in [0.3, 0.4) is 0 Å². The monoisotopic (exact) mass is 231 g/mol. The van der Waals surface area contributed by atoms with E-state index >= 15 is 0 Å². The van der Waals surface area contributed by atoms with Crippen molar-refractivity contribution in [3.05, 3.63) is 30.1 Å². The quantitative estimate of drug-likeness (QED) is 0.845. The van der Waals surface area contributed by atoms with Crippen molar-refractivity contribution in [1.29, 1.82) is 0 Å². The van der Waals surface area contributed by atoms with Crippen LogP contribution >= 0.6 is 0 Å². The third kappa shape index (κ3) is 1.64. The number of nitrogens with two attached hydrogens (primary N) is 1. The van der Waals surface area contributed by atoms with Crippen molar-refractivity contribution in [2.75, 3.05) is 6.79 Å². The molecule has 0 unspecified atom stereocenters. The molecule has 0 saturated carbocycles. The molecule has 2 heterocycles. The lowest BCUT2D eigenvalue weighted by atomic mass is 10.2. The standard InChI is InChI=1S/C12H13N3O2/c1-15-6-9(5-13)14-12(15)8-2-3-10-11(4-8)17-7-16-10/h2-4,6H,5,7,13H2,1H3. The summed E-state index contributed by atoms with van der Waals surface area (Å²) in [5, 5.41) is 0. The van der Waals surface area contributed by atoms with Gasteiger partial charge in [0.2, 0.25) is 6.79 Å². The lowest BCUT2D eigenvalue weighted by Gasteiger charge is -2.02. The first kappa shape index (κ1) is 10.2. The lowest BCUT2D eigenvalue weighted by molar-refractivity contribution is 0.174. The Balaban J connectivity index is 2.06. The highest BCUT2D eigenvalue weighted by molar-refractivity contribution is 5.62. The molecule has 1 aromatic heterocycles. The Bertz CT molecular complexity index is 563. The zero-order chi connectivity index (χ0) is 11.8. The molecule has 17 heavy (non-hydrogen) atoms. The summed E-state index contributed by atoms with van der Waals surface area (Å²) < 4.78 is 12.6. The van der Waals surface area contributed by atoms with Crippen molar-refractivity contribution in [2.45, 2.75) is 6.54 Å². The van der Waals surface area contributed by atoms with Crippen LogP contribution in [0.2, 0.25) is 0 Å². The largest absolute Gasteiger partial charge is 0.454 e. The van der Waals surface area contributed by atoms with E-state index in [0.29, 0.717) is 6.54 Å². The fourth-order valence-corrected chi connectivity index (χ4v) is 1.93. The molecule has 0 spiro atoms. The molecule has 0 aliphatic carbocycles. The number of ether oxygens (including phenoxy) is 2. The summed E-state index contributed by atoms with van der Waals surface area (Å²) in [6.45, 7) is 0.728. The number of fused-ring (bicyclic) bond motifs is 1. The Morgan fingerprint density at radius 3 is 2.94 bits per heavy atom. The van der Waals surface area contributed by atoms with Crippen LogP contribution in [0, 0.1) is 0 Å². The summed E-state index contributed by atoms with van der Waals surface area (Å²) in [5.74, 6) is 2.42. The van der Waals surface area contributed by atoms with E-state index in [9.17, 15) is 0 Å². The number of hydrogen-bond acceptors (Lipinski definition) is 4. The fourth-order valence-electron chi connectivity index (χ4n) is 1.93. The second-order valence-corrected chi connectivity index (χ2v) is 3.94. The van der Waals surface area contributed by atoms with Crippen LogP contribution < -0.4 is 15.2 Å². The van der Waals surface area contributed by atoms with Gasteiger partial charge in [-0.3, -0.25) is 0 Å². The van der Waals surface area contributed by atoms with Gasteiger partial charge in [0, 0.05) is 25.4 Å². The Morgan fingerprint density at radius 1 is 1.35 bits per heavy atom. The molecule has 3 rings (SSSR count). The maximum absolute atomic E-state index is 5.58. The molecule has 1 aromatic carbocycles. The number of aromatic nitrogens is 2. The molecule has 0 saturated heterocycles. The Kier molecular flexibility index (Phi) is 2.26. The van der Waals surface area contributed by atoms with Gasteiger partial charge in [0.05, 0.1) is 5.69 Å². The first-order valence-electron chi connectivity index (χ1n) is 5.40. The van der Waals surface area contributed by atoms with Crippen molar-refractivity contribution in [2.24, 2.45) is 12.8 Å². The second kappa shape index (κ2) is 3.78. The van der Waals surface area contributed by atoms with Gasteiger partial charge in [-0.15, -0.1) is 0 Å². The van der Waals surface area contributed by atoms with Crippen LogP contribution in [-0.4, -0.2) is 16.3 Å². The Hall–Kier alpha value is -2.01. The van der Waals surface area contributed by atoms with Crippen LogP contribution in [0.5, 0.6) is 11.5 Å². The maximum atomic E-state index is 5.58. The summed E-state index contributed by atoms with van der Waals surface area (Å²) in [5.41, 5.74) is 7.45. The molecule has 0 fully saturated rings. The molecule has 2 aromatic rings. The van der Waals surface area contributed by atoms with Crippen molar-refractivity contribution in [1.82, 2.24) is 9.55 Å². The topological polar surface area (TPSA) is 62.3 Å². The van der Waals surface area contributed by atoms with Crippen LogP contribution in [0.25, 0.3) is 11.4 Å². The van der Waals surface area contributed by atoms with Gasteiger partial charge < -0.3 is 19.8 Å². The number of nitrogens with zero attached hydrogens (tertiary/aromatic N) is 2. The number of benzene rings is 1. The van der Waals surface area contributed by atoms with Crippen molar-refractivity contribution in [3.8, 4) is 22.9 Å². The molecule has 5 heteroatoms. The SMILES string of the molecule is Cn1cc(CN)nc1-c1ccc2c(c1)OCO2. The maximum Gasteiger partial charge on any atom is 0.231 e. The predicted molar refractivity (Wildman–Crippen MR) is 62.7 cm³/mol. The minimum atomic E-state index is 0.285.